The molecule has 3 nitrogen and oxygen atoms in total. The third-order valence-corrected chi connectivity index (χ3v) is 9.68. The molecule has 0 fully saturated rings. The molecule has 0 spiro atoms. The maximum Gasteiger partial charge on any atom is 0.160 e. The fraction of sp³-hybridized carbons (Fsp3) is 0.0217. The number of benzene rings is 6. The topological polar surface area (TPSA) is 38.7 Å². The van der Waals surface area contributed by atoms with E-state index < -0.39 is 5.41 Å². The van der Waals surface area contributed by atoms with E-state index in [-0.39, 0.29) is 0 Å². The van der Waals surface area contributed by atoms with Crippen LogP contribution in [0.5, 0.6) is 0 Å². The maximum absolute atomic E-state index is 5.19. The van der Waals surface area contributed by atoms with Crippen molar-refractivity contribution in [3.8, 4) is 56.2 Å². The molecular formula is C46H31N3. The summed E-state index contributed by atoms with van der Waals surface area (Å²) in [7, 11) is 0. The Morgan fingerprint density at radius 3 is 1.47 bits per heavy atom. The molecular weight excluding hydrogens is 595 g/mol. The Morgan fingerprint density at radius 2 is 0.837 bits per heavy atom. The first-order valence-electron chi connectivity index (χ1n) is 16.6. The summed E-state index contributed by atoms with van der Waals surface area (Å²) in [5.41, 5.74) is 14.1. The van der Waals surface area contributed by atoms with Gasteiger partial charge in [0.15, 0.2) is 5.82 Å². The fourth-order valence-corrected chi connectivity index (χ4v) is 7.48. The summed E-state index contributed by atoms with van der Waals surface area (Å²) in [6, 6.07) is 62.6. The van der Waals surface area contributed by atoms with Gasteiger partial charge in [-0.2, -0.15) is 0 Å². The van der Waals surface area contributed by atoms with Gasteiger partial charge in [0.05, 0.1) is 16.8 Å². The van der Waals surface area contributed by atoms with E-state index >= 15 is 0 Å². The lowest BCUT2D eigenvalue weighted by Gasteiger charge is -2.34. The van der Waals surface area contributed by atoms with Gasteiger partial charge < -0.3 is 0 Å². The summed E-state index contributed by atoms with van der Waals surface area (Å²) in [4.78, 5) is 14.5. The van der Waals surface area contributed by atoms with Crippen molar-refractivity contribution in [1.29, 1.82) is 0 Å². The Labute approximate surface area is 286 Å². The second kappa shape index (κ2) is 12.0. The highest BCUT2D eigenvalue weighted by Crippen LogP contribution is 2.56. The van der Waals surface area contributed by atoms with Crippen molar-refractivity contribution in [2.45, 2.75) is 5.41 Å². The second-order valence-corrected chi connectivity index (χ2v) is 12.4. The third-order valence-electron chi connectivity index (χ3n) is 9.68. The van der Waals surface area contributed by atoms with E-state index in [1.54, 1.807) is 0 Å². The molecule has 3 heteroatoms. The molecule has 8 aromatic rings. The summed E-state index contributed by atoms with van der Waals surface area (Å²) >= 11 is 0. The third kappa shape index (κ3) is 4.87. The molecule has 2 aromatic heterocycles. The van der Waals surface area contributed by atoms with Crippen molar-refractivity contribution in [2.24, 2.45) is 0 Å². The van der Waals surface area contributed by atoms with Crippen molar-refractivity contribution in [2.75, 3.05) is 0 Å². The van der Waals surface area contributed by atoms with Gasteiger partial charge in [-0.3, -0.25) is 4.98 Å². The molecule has 0 N–H and O–H groups in total. The first-order valence-corrected chi connectivity index (χ1v) is 16.6. The zero-order chi connectivity index (χ0) is 32.6. The van der Waals surface area contributed by atoms with Crippen LogP contribution in [0.15, 0.2) is 188 Å². The summed E-state index contributed by atoms with van der Waals surface area (Å²) in [6.45, 7) is 0. The highest BCUT2D eigenvalue weighted by atomic mass is 14.9. The minimum Gasteiger partial charge on any atom is -0.265 e. The number of rotatable bonds is 6. The molecule has 49 heavy (non-hydrogen) atoms. The van der Waals surface area contributed by atoms with Crippen LogP contribution in [0, 0.1) is 0 Å². The zero-order valence-electron chi connectivity index (χ0n) is 26.7. The first kappa shape index (κ1) is 28.7. The molecule has 0 bridgehead atoms. The standard InChI is InChI=1S/C46H31N3/c1-3-13-33(14-4-1)43-31-44(49-45(48-43)34-15-5-2-6-16-34)36-18-12-20-38(30-36)46(37-19-11-17-35(29-37)32-25-27-47-28-26-32)41-23-9-7-21-39(41)40-22-8-10-24-42(40)46/h1-31H. The largest absolute Gasteiger partial charge is 0.265 e. The molecule has 6 aromatic carbocycles. The fourth-order valence-electron chi connectivity index (χ4n) is 7.48. The van der Waals surface area contributed by atoms with Crippen molar-refractivity contribution in [3.63, 3.8) is 0 Å². The Bertz CT molecular complexity index is 2330. The van der Waals surface area contributed by atoms with Gasteiger partial charge in [-0.25, -0.2) is 9.97 Å². The second-order valence-electron chi connectivity index (χ2n) is 12.4. The number of pyridine rings is 1. The highest BCUT2D eigenvalue weighted by molar-refractivity contribution is 5.87. The molecule has 0 saturated carbocycles. The van der Waals surface area contributed by atoms with E-state index in [2.05, 4.69) is 157 Å². The van der Waals surface area contributed by atoms with Crippen LogP contribution >= 0.6 is 0 Å². The Balaban J connectivity index is 1.30. The van der Waals surface area contributed by atoms with E-state index in [0.29, 0.717) is 5.82 Å². The predicted octanol–water partition coefficient (Wildman–Crippen LogP) is 10.9. The van der Waals surface area contributed by atoms with Crippen molar-refractivity contribution in [3.05, 3.63) is 211 Å². The predicted molar refractivity (Wildman–Crippen MR) is 199 cm³/mol. The van der Waals surface area contributed by atoms with E-state index in [1.165, 1.54) is 33.4 Å². The molecule has 9 rings (SSSR count). The van der Waals surface area contributed by atoms with Crippen molar-refractivity contribution in [1.82, 2.24) is 15.0 Å². The molecule has 230 valence electrons. The lowest BCUT2D eigenvalue weighted by atomic mass is 9.67. The zero-order valence-corrected chi connectivity index (χ0v) is 26.7. The van der Waals surface area contributed by atoms with E-state index in [1.807, 2.05) is 36.7 Å². The van der Waals surface area contributed by atoms with Gasteiger partial charge in [0.2, 0.25) is 0 Å². The molecule has 0 radical (unpaired) electrons. The van der Waals surface area contributed by atoms with Crippen LogP contribution in [0.1, 0.15) is 22.3 Å². The maximum atomic E-state index is 5.19. The molecule has 1 aliphatic rings. The monoisotopic (exact) mass is 625 g/mol. The van der Waals surface area contributed by atoms with Crippen LogP contribution in [0.3, 0.4) is 0 Å². The van der Waals surface area contributed by atoms with Crippen LogP contribution < -0.4 is 0 Å². The SMILES string of the molecule is c1ccc(-c2cc(-c3cccc(C4(c5cccc(-c6ccncc6)c5)c5ccccc5-c5ccccc54)c3)nc(-c3ccccc3)n2)cc1. The lowest BCUT2D eigenvalue weighted by Crippen LogP contribution is -2.28. The summed E-state index contributed by atoms with van der Waals surface area (Å²) in [5.74, 6) is 0.707. The van der Waals surface area contributed by atoms with Crippen molar-refractivity contribution < 1.29 is 0 Å². The molecule has 0 aliphatic heterocycles. The average Bonchev–Trinajstić information content (AvgIpc) is 3.50. The van der Waals surface area contributed by atoms with Crippen LogP contribution in [-0.4, -0.2) is 15.0 Å². The van der Waals surface area contributed by atoms with E-state index in [0.717, 1.165) is 39.2 Å². The number of fused-ring (bicyclic) bond motifs is 3. The van der Waals surface area contributed by atoms with Gasteiger partial charge in [-0.15, -0.1) is 0 Å². The van der Waals surface area contributed by atoms with Crippen LogP contribution in [-0.2, 0) is 5.41 Å². The van der Waals surface area contributed by atoms with E-state index in [4.69, 9.17) is 9.97 Å². The van der Waals surface area contributed by atoms with Gasteiger partial charge in [0, 0.05) is 29.1 Å². The average molecular weight is 626 g/mol. The van der Waals surface area contributed by atoms with Gasteiger partial charge in [-0.1, -0.05) is 146 Å². The van der Waals surface area contributed by atoms with Crippen LogP contribution in [0.4, 0.5) is 0 Å². The Hall–Kier alpha value is -6.45. The number of hydrogen-bond donors (Lipinski definition) is 0. The summed E-state index contributed by atoms with van der Waals surface area (Å²) in [5, 5.41) is 0. The van der Waals surface area contributed by atoms with Crippen LogP contribution in [0.2, 0.25) is 0 Å². The quantitative estimate of drug-likeness (QED) is 0.185. The van der Waals surface area contributed by atoms with Crippen molar-refractivity contribution >= 4 is 0 Å². The minimum atomic E-state index is -0.552. The van der Waals surface area contributed by atoms with Gasteiger partial charge >= 0.3 is 0 Å². The lowest BCUT2D eigenvalue weighted by molar-refractivity contribution is 0.769. The highest BCUT2D eigenvalue weighted by Gasteiger charge is 2.46. The summed E-state index contributed by atoms with van der Waals surface area (Å²) < 4.78 is 0. The molecule has 0 atom stereocenters. The Morgan fingerprint density at radius 1 is 0.347 bits per heavy atom. The molecule has 2 heterocycles. The van der Waals surface area contributed by atoms with E-state index in [9.17, 15) is 0 Å². The molecule has 1 aliphatic carbocycles. The van der Waals surface area contributed by atoms with Gasteiger partial charge in [-0.05, 0) is 74.8 Å². The minimum absolute atomic E-state index is 0.552. The molecule has 0 saturated heterocycles. The molecule has 0 unspecified atom stereocenters. The van der Waals surface area contributed by atoms with Gasteiger partial charge in [0.1, 0.15) is 0 Å². The normalized spacial score (nSPS) is 12.7. The smallest absolute Gasteiger partial charge is 0.160 e. The van der Waals surface area contributed by atoms with Crippen LogP contribution in [0.25, 0.3) is 56.2 Å². The Kier molecular flexibility index (Phi) is 7.02. The number of aromatic nitrogens is 3. The number of hydrogen-bond acceptors (Lipinski definition) is 3. The van der Waals surface area contributed by atoms with Gasteiger partial charge in [0.25, 0.3) is 0 Å². The first-order chi connectivity index (χ1) is 24.3. The number of nitrogens with zero attached hydrogens (tertiary/aromatic N) is 3. The molecule has 0 amide bonds. The summed E-state index contributed by atoms with van der Waals surface area (Å²) in [6.07, 6.45) is 3.72.